The zero-order valence-corrected chi connectivity index (χ0v) is 16.7. The van der Waals surface area contributed by atoms with Crippen molar-refractivity contribution in [1.29, 1.82) is 0 Å². The van der Waals surface area contributed by atoms with E-state index in [2.05, 4.69) is 27.6 Å². The van der Waals surface area contributed by atoms with Gasteiger partial charge in [-0.05, 0) is 39.1 Å². The molecule has 0 saturated carbocycles. The van der Waals surface area contributed by atoms with Crippen molar-refractivity contribution in [3.05, 3.63) is 39.9 Å². The van der Waals surface area contributed by atoms with Gasteiger partial charge in [-0.3, -0.25) is 19.8 Å². The van der Waals surface area contributed by atoms with Gasteiger partial charge in [-0.1, -0.05) is 0 Å². The van der Waals surface area contributed by atoms with Crippen LogP contribution in [-0.2, 0) is 13.0 Å². The fraction of sp³-hybridized carbons (Fsp3) is 0.368. The Morgan fingerprint density at radius 1 is 1.18 bits per heavy atom. The maximum Gasteiger partial charge on any atom is 0.325 e. The van der Waals surface area contributed by atoms with Gasteiger partial charge in [0.1, 0.15) is 0 Å². The average molecular weight is 399 g/mol. The second-order valence-electron chi connectivity index (χ2n) is 7.29. The van der Waals surface area contributed by atoms with Gasteiger partial charge in [0.05, 0.1) is 16.8 Å². The van der Waals surface area contributed by atoms with Gasteiger partial charge in [0.2, 0.25) is 0 Å². The number of anilines is 2. The fourth-order valence-corrected chi connectivity index (χ4v) is 4.53. The van der Waals surface area contributed by atoms with Crippen molar-refractivity contribution in [1.82, 2.24) is 14.8 Å². The molecule has 0 bridgehead atoms. The van der Waals surface area contributed by atoms with E-state index in [4.69, 9.17) is 0 Å². The van der Waals surface area contributed by atoms with Gasteiger partial charge >= 0.3 is 6.03 Å². The van der Waals surface area contributed by atoms with Crippen LogP contribution in [0.25, 0.3) is 0 Å². The largest absolute Gasteiger partial charge is 0.325 e. The number of aromatic nitrogens is 1. The molecule has 3 heterocycles. The molecule has 0 atom stereocenters. The summed E-state index contributed by atoms with van der Waals surface area (Å²) in [6.45, 7) is 5.38. The van der Waals surface area contributed by atoms with Gasteiger partial charge in [0, 0.05) is 36.1 Å². The molecule has 146 valence electrons. The summed E-state index contributed by atoms with van der Waals surface area (Å²) in [6, 6.07) is 4.08. The summed E-state index contributed by atoms with van der Waals surface area (Å²) in [6.07, 6.45) is 0.874. The third-order valence-corrected chi connectivity index (χ3v) is 5.83. The highest BCUT2D eigenvalue weighted by Gasteiger charge is 2.37. The minimum absolute atomic E-state index is 0.220. The molecule has 2 aliphatic rings. The molecule has 0 unspecified atom stereocenters. The zero-order chi connectivity index (χ0) is 20.0. The van der Waals surface area contributed by atoms with Crippen LogP contribution >= 0.6 is 11.3 Å². The smallest absolute Gasteiger partial charge is 0.308 e. The van der Waals surface area contributed by atoms with Crippen LogP contribution in [0.1, 0.15) is 45.1 Å². The molecule has 4 rings (SSSR count). The fourth-order valence-electron chi connectivity index (χ4n) is 3.44. The molecule has 8 nitrogen and oxygen atoms in total. The van der Waals surface area contributed by atoms with Crippen molar-refractivity contribution >= 4 is 40.0 Å². The zero-order valence-electron chi connectivity index (χ0n) is 15.9. The highest BCUT2D eigenvalue weighted by Crippen LogP contribution is 2.29. The van der Waals surface area contributed by atoms with Gasteiger partial charge in [0.15, 0.2) is 5.13 Å². The number of hydrogen-bond donors (Lipinski definition) is 2. The molecule has 0 fully saturated rings. The van der Waals surface area contributed by atoms with Gasteiger partial charge < -0.3 is 10.2 Å². The van der Waals surface area contributed by atoms with Crippen molar-refractivity contribution in [2.24, 2.45) is 0 Å². The predicted molar refractivity (Wildman–Crippen MR) is 107 cm³/mol. The maximum atomic E-state index is 12.5. The predicted octanol–water partition coefficient (Wildman–Crippen LogP) is 2.78. The van der Waals surface area contributed by atoms with E-state index in [1.807, 2.05) is 0 Å². The first-order valence-electron chi connectivity index (χ1n) is 9.10. The Balaban J connectivity index is 1.47. The number of hydrogen-bond acceptors (Lipinski definition) is 6. The highest BCUT2D eigenvalue weighted by molar-refractivity contribution is 7.15. The number of carbonyl (C=O) groups excluding carboxylic acids is 3. The molecule has 0 saturated heterocycles. The number of likely N-dealkylation sites (N-methyl/N-ethyl adjacent to an activating group) is 1. The van der Waals surface area contributed by atoms with Crippen molar-refractivity contribution in [3.63, 3.8) is 0 Å². The molecule has 0 aliphatic carbocycles. The van der Waals surface area contributed by atoms with Gasteiger partial charge in [-0.25, -0.2) is 9.78 Å². The number of rotatable bonds is 3. The molecular weight excluding hydrogens is 378 g/mol. The van der Waals surface area contributed by atoms with Gasteiger partial charge in [0.25, 0.3) is 11.8 Å². The molecule has 0 radical (unpaired) electrons. The second-order valence-corrected chi connectivity index (χ2v) is 8.37. The summed E-state index contributed by atoms with van der Waals surface area (Å²) < 4.78 is 0. The number of nitrogens with one attached hydrogen (secondary N) is 2. The van der Waals surface area contributed by atoms with Gasteiger partial charge in [-0.15, -0.1) is 11.3 Å². The van der Waals surface area contributed by atoms with Crippen molar-refractivity contribution in [2.45, 2.75) is 32.9 Å². The number of thiazole rings is 1. The summed E-state index contributed by atoms with van der Waals surface area (Å²) in [7, 11) is 2.06. The summed E-state index contributed by atoms with van der Waals surface area (Å²) in [5.74, 6) is -0.639. The number of imide groups is 1. The molecule has 4 amide bonds. The SMILES string of the molecule is CC(C)N1C(=O)c2ccc(NC(=O)Nc3nc4c(s3)CN(C)CC4)cc2C1=O. The monoisotopic (exact) mass is 399 g/mol. The maximum absolute atomic E-state index is 12.5. The summed E-state index contributed by atoms with van der Waals surface area (Å²) in [5.41, 5.74) is 2.16. The number of urea groups is 1. The van der Waals surface area contributed by atoms with E-state index in [0.29, 0.717) is 21.9 Å². The lowest BCUT2D eigenvalue weighted by Crippen LogP contribution is -2.35. The lowest BCUT2D eigenvalue weighted by atomic mass is 10.1. The van der Waals surface area contributed by atoms with Crippen LogP contribution in [0.2, 0.25) is 0 Å². The normalized spacial score (nSPS) is 16.4. The molecular formula is C19H21N5O3S. The van der Waals surface area contributed by atoms with E-state index >= 15 is 0 Å². The number of benzene rings is 1. The molecule has 0 spiro atoms. The number of nitrogens with zero attached hydrogens (tertiary/aromatic N) is 3. The number of fused-ring (bicyclic) bond motifs is 2. The molecule has 2 aromatic rings. The highest BCUT2D eigenvalue weighted by atomic mass is 32.1. The molecule has 28 heavy (non-hydrogen) atoms. The second kappa shape index (κ2) is 6.99. The summed E-state index contributed by atoms with van der Waals surface area (Å²) in [5, 5.41) is 6.02. The Morgan fingerprint density at radius 3 is 2.68 bits per heavy atom. The Morgan fingerprint density at radius 2 is 1.93 bits per heavy atom. The van der Waals surface area contributed by atoms with Crippen LogP contribution in [0.3, 0.4) is 0 Å². The number of carbonyl (C=O) groups is 3. The molecule has 2 aliphatic heterocycles. The van der Waals surface area contributed by atoms with Crippen LogP contribution in [0.5, 0.6) is 0 Å². The van der Waals surface area contributed by atoms with Crippen LogP contribution in [0, 0.1) is 0 Å². The van der Waals surface area contributed by atoms with Gasteiger partial charge in [-0.2, -0.15) is 0 Å². The van der Waals surface area contributed by atoms with Crippen LogP contribution in [0.4, 0.5) is 15.6 Å². The first-order chi connectivity index (χ1) is 13.3. The Labute approximate surface area is 166 Å². The quantitative estimate of drug-likeness (QED) is 0.774. The first-order valence-corrected chi connectivity index (χ1v) is 9.92. The third-order valence-electron chi connectivity index (χ3n) is 4.83. The van der Waals surface area contributed by atoms with E-state index in [1.165, 1.54) is 21.1 Å². The molecule has 9 heteroatoms. The minimum atomic E-state index is -0.433. The minimum Gasteiger partial charge on any atom is -0.308 e. The van der Waals surface area contributed by atoms with Crippen molar-refractivity contribution < 1.29 is 14.4 Å². The Hall–Kier alpha value is -2.78. The van der Waals surface area contributed by atoms with E-state index in [-0.39, 0.29) is 17.9 Å². The van der Waals surface area contributed by atoms with E-state index in [9.17, 15) is 14.4 Å². The van der Waals surface area contributed by atoms with E-state index in [1.54, 1.807) is 32.0 Å². The Kier molecular flexibility index (Phi) is 4.64. The molecule has 1 aromatic heterocycles. The molecule has 2 N–H and O–H groups in total. The van der Waals surface area contributed by atoms with E-state index < -0.39 is 6.03 Å². The lowest BCUT2D eigenvalue weighted by Gasteiger charge is -2.20. The average Bonchev–Trinajstić information content (AvgIpc) is 3.12. The summed E-state index contributed by atoms with van der Waals surface area (Å²) in [4.78, 5) is 46.3. The molecule has 1 aromatic carbocycles. The van der Waals surface area contributed by atoms with Crippen molar-refractivity contribution in [2.75, 3.05) is 24.2 Å². The lowest BCUT2D eigenvalue weighted by molar-refractivity contribution is 0.0609. The Bertz CT molecular complexity index is 984. The van der Waals surface area contributed by atoms with E-state index in [0.717, 1.165) is 25.2 Å². The standard InChI is InChI=1S/C19H21N5O3S/c1-10(2)24-16(25)12-5-4-11(8-13(12)17(24)26)20-18(27)22-19-21-14-6-7-23(3)9-15(14)28-19/h4-5,8,10H,6-7,9H2,1-3H3,(H2,20,21,22,27). The number of amides is 4. The topological polar surface area (TPSA) is 94.6 Å². The first kappa shape index (κ1) is 18.6. The third kappa shape index (κ3) is 3.27. The summed E-state index contributed by atoms with van der Waals surface area (Å²) >= 11 is 1.47. The van der Waals surface area contributed by atoms with Crippen molar-refractivity contribution in [3.8, 4) is 0 Å². The van der Waals surface area contributed by atoms with Crippen LogP contribution in [0.15, 0.2) is 18.2 Å². The van der Waals surface area contributed by atoms with Crippen LogP contribution < -0.4 is 10.6 Å². The van der Waals surface area contributed by atoms with Crippen LogP contribution in [-0.4, -0.2) is 52.3 Å².